The Morgan fingerprint density at radius 2 is 1.31 bits per heavy atom. The van der Waals surface area contributed by atoms with Crippen LogP contribution in [-0.2, 0) is 23.9 Å². The highest BCUT2D eigenvalue weighted by atomic mass is 16.5. The Labute approximate surface area is 175 Å². The fourth-order valence-electron chi connectivity index (χ4n) is 4.68. The second-order valence-corrected chi connectivity index (χ2v) is 8.15. The van der Waals surface area contributed by atoms with Crippen LogP contribution in [0.4, 0.5) is 0 Å². The minimum atomic E-state index is -0.109. The first-order valence-corrected chi connectivity index (χ1v) is 11.1. The van der Waals surface area contributed by atoms with Gasteiger partial charge in [-0.2, -0.15) is 0 Å². The summed E-state index contributed by atoms with van der Waals surface area (Å²) >= 11 is 0. The van der Waals surface area contributed by atoms with Gasteiger partial charge in [-0.15, -0.1) is 0 Å². The van der Waals surface area contributed by atoms with Crippen molar-refractivity contribution in [2.75, 3.05) is 13.2 Å². The average Bonchev–Trinajstić information content (AvgIpc) is 3.25. The first kappa shape index (κ1) is 25.4. The first-order chi connectivity index (χ1) is 13.8. The molecule has 0 spiro atoms. The van der Waals surface area contributed by atoms with E-state index in [1.165, 1.54) is 6.92 Å². The monoisotopic (exact) mass is 412 g/mol. The van der Waals surface area contributed by atoms with E-state index in [0.717, 1.165) is 38.5 Å². The van der Waals surface area contributed by atoms with Gasteiger partial charge in [0, 0.05) is 19.0 Å². The van der Waals surface area contributed by atoms with Crippen molar-refractivity contribution >= 4 is 17.8 Å². The smallest absolute Gasteiger partial charge is 0.309 e. The van der Waals surface area contributed by atoms with Crippen molar-refractivity contribution in [1.82, 2.24) is 5.32 Å². The molecule has 1 amide bonds. The molecule has 6 atom stereocenters. The van der Waals surface area contributed by atoms with Crippen LogP contribution < -0.4 is 11.1 Å². The number of amides is 1. The minimum Gasteiger partial charge on any atom is -0.466 e. The Bertz CT molecular complexity index is 539. The Hall–Kier alpha value is -1.63. The highest BCUT2D eigenvalue weighted by molar-refractivity contribution is 5.75. The number of hydrogen-bond donors (Lipinski definition) is 2. The zero-order valence-corrected chi connectivity index (χ0v) is 18.7. The third-order valence-electron chi connectivity index (χ3n) is 6.06. The highest BCUT2D eigenvalue weighted by Gasteiger charge is 2.39. The molecule has 2 fully saturated rings. The van der Waals surface area contributed by atoms with Crippen molar-refractivity contribution in [2.45, 2.75) is 85.2 Å². The molecule has 2 aliphatic rings. The van der Waals surface area contributed by atoms with Crippen molar-refractivity contribution in [3.63, 3.8) is 0 Å². The number of nitrogens with two attached hydrogens (primary N) is 1. The van der Waals surface area contributed by atoms with Gasteiger partial charge in [0.1, 0.15) is 0 Å². The maximum atomic E-state index is 11.7. The van der Waals surface area contributed by atoms with Crippen LogP contribution in [0.1, 0.15) is 73.1 Å². The summed E-state index contributed by atoms with van der Waals surface area (Å²) in [4.78, 5) is 34.2. The maximum Gasteiger partial charge on any atom is 0.309 e. The normalized spacial score (nSPS) is 30.8. The van der Waals surface area contributed by atoms with E-state index in [1.807, 2.05) is 13.8 Å². The van der Waals surface area contributed by atoms with Gasteiger partial charge >= 0.3 is 11.9 Å². The van der Waals surface area contributed by atoms with Gasteiger partial charge in [-0.05, 0) is 51.4 Å². The summed E-state index contributed by atoms with van der Waals surface area (Å²) in [5, 5.41) is 2.89. The van der Waals surface area contributed by atoms with Gasteiger partial charge in [-0.1, -0.05) is 26.7 Å². The number of carbonyl (C=O) groups excluding carboxylic acids is 3. The van der Waals surface area contributed by atoms with E-state index in [-0.39, 0.29) is 41.8 Å². The fraction of sp³-hybridized carbons (Fsp3) is 0.864. The predicted molar refractivity (Wildman–Crippen MR) is 112 cm³/mol. The predicted octanol–water partition coefficient (Wildman–Crippen LogP) is 2.80. The van der Waals surface area contributed by atoms with Gasteiger partial charge in [0.2, 0.25) is 5.91 Å². The molecule has 29 heavy (non-hydrogen) atoms. The van der Waals surface area contributed by atoms with E-state index in [4.69, 9.17) is 15.2 Å². The molecule has 0 aromatic carbocycles. The van der Waals surface area contributed by atoms with Crippen molar-refractivity contribution < 1.29 is 23.9 Å². The van der Waals surface area contributed by atoms with Crippen LogP contribution in [0.5, 0.6) is 0 Å². The molecule has 0 saturated heterocycles. The lowest BCUT2D eigenvalue weighted by molar-refractivity contribution is -0.150. The number of rotatable bonds is 7. The summed E-state index contributed by atoms with van der Waals surface area (Å²) in [6.07, 6.45) is 5.37. The lowest BCUT2D eigenvalue weighted by atomic mass is 9.94. The van der Waals surface area contributed by atoms with E-state index < -0.39 is 0 Å². The number of carbonyl (C=O) groups is 3. The molecule has 0 radical (unpaired) electrons. The van der Waals surface area contributed by atoms with Crippen molar-refractivity contribution in [2.24, 2.45) is 29.4 Å². The lowest BCUT2D eigenvalue weighted by Crippen LogP contribution is -2.31. The average molecular weight is 413 g/mol. The van der Waals surface area contributed by atoms with Crippen LogP contribution in [0.15, 0.2) is 0 Å². The van der Waals surface area contributed by atoms with E-state index >= 15 is 0 Å². The number of esters is 2. The molecule has 2 aliphatic carbocycles. The molecule has 0 aromatic rings. The molecule has 3 N–H and O–H groups in total. The van der Waals surface area contributed by atoms with Crippen LogP contribution >= 0.6 is 0 Å². The van der Waals surface area contributed by atoms with Crippen LogP contribution in [-0.4, -0.2) is 43.1 Å². The molecule has 3 unspecified atom stereocenters. The van der Waals surface area contributed by atoms with Crippen LogP contribution in [0, 0.1) is 23.7 Å². The van der Waals surface area contributed by atoms with E-state index in [2.05, 4.69) is 19.2 Å². The molecule has 0 aliphatic heterocycles. The summed E-state index contributed by atoms with van der Waals surface area (Å²) in [6, 6.07) is 0.330. The zero-order valence-electron chi connectivity index (χ0n) is 18.7. The van der Waals surface area contributed by atoms with Gasteiger partial charge in [-0.3, -0.25) is 14.4 Å². The molecule has 0 bridgehead atoms. The molecular weight excluding hydrogens is 372 g/mol. The van der Waals surface area contributed by atoms with Crippen molar-refractivity contribution in [3.05, 3.63) is 0 Å². The summed E-state index contributed by atoms with van der Waals surface area (Å²) in [5.74, 6) is 0.612. The minimum absolute atomic E-state index is 0.0237. The summed E-state index contributed by atoms with van der Waals surface area (Å²) in [6.45, 7) is 10.3. The van der Waals surface area contributed by atoms with Gasteiger partial charge in [0.25, 0.3) is 0 Å². The molecule has 2 rings (SSSR count). The fourth-order valence-corrected chi connectivity index (χ4v) is 4.68. The topological polar surface area (TPSA) is 108 Å². The first-order valence-electron chi connectivity index (χ1n) is 11.1. The van der Waals surface area contributed by atoms with E-state index in [9.17, 15) is 14.4 Å². The summed E-state index contributed by atoms with van der Waals surface area (Å²) < 4.78 is 10.1. The Morgan fingerprint density at radius 3 is 1.76 bits per heavy atom. The van der Waals surface area contributed by atoms with E-state index in [0.29, 0.717) is 25.0 Å². The van der Waals surface area contributed by atoms with Gasteiger partial charge in [-0.25, -0.2) is 0 Å². The standard InChI is InChI=1S/C12H21NO3.C10H19NO2/c1-4-9-6-10(13-8(3)14)7-11(9)12(15)16-5-2;1-3-7-5-8(11)6-9(7)10(12)13-4-2/h9-11H,4-7H2,1-3H3,(H,13,14);7-9H,3-6,11H2,1-2H3/t9-,10+,11+;/m1./s1. The number of nitrogens with one attached hydrogen (secondary N) is 1. The summed E-state index contributed by atoms with van der Waals surface area (Å²) in [7, 11) is 0. The molecule has 2 saturated carbocycles. The van der Waals surface area contributed by atoms with Crippen molar-refractivity contribution in [1.29, 1.82) is 0 Å². The Kier molecular flexibility index (Phi) is 11.2. The number of ether oxygens (including phenoxy) is 2. The van der Waals surface area contributed by atoms with Gasteiger partial charge in [0.05, 0.1) is 25.0 Å². The van der Waals surface area contributed by atoms with Crippen LogP contribution in [0.3, 0.4) is 0 Å². The molecule has 7 heteroatoms. The second-order valence-electron chi connectivity index (χ2n) is 8.15. The van der Waals surface area contributed by atoms with Gasteiger partial charge in [0.15, 0.2) is 0 Å². The molecule has 0 heterocycles. The van der Waals surface area contributed by atoms with Crippen molar-refractivity contribution in [3.8, 4) is 0 Å². The SMILES string of the molecule is CCOC(=O)C1CC(N)CC1CC.CCOC(=O)[C@H]1C[C@@H](NC(C)=O)C[C@H]1CC. The second kappa shape index (κ2) is 12.8. The van der Waals surface area contributed by atoms with E-state index in [1.54, 1.807) is 0 Å². The largest absolute Gasteiger partial charge is 0.466 e. The summed E-state index contributed by atoms with van der Waals surface area (Å²) in [5.41, 5.74) is 5.82. The zero-order chi connectivity index (χ0) is 22.0. The third kappa shape index (κ3) is 7.96. The molecule has 0 aromatic heterocycles. The molecule has 168 valence electrons. The Morgan fingerprint density at radius 1 is 0.828 bits per heavy atom. The van der Waals surface area contributed by atoms with Crippen LogP contribution in [0.25, 0.3) is 0 Å². The highest BCUT2D eigenvalue weighted by Crippen LogP contribution is 2.35. The molecular formula is C22H40N2O5. The molecule has 7 nitrogen and oxygen atoms in total. The number of hydrogen-bond acceptors (Lipinski definition) is 6. The maximum absolute atomic E-state index is 11.7. The lowest BCUT2D eigenvalue weighted by Gasteiger charge is -2.15. The third-order valence-corrected chi connectivity index (χ3v) is 6.06. The van der Waals surface area contributed by atoms with Gasteiger partial charge < -0.3 is 20.5 Å². The quantitative estimate of drug-likeness (QED) is 0.623. The van der Waals surface area contributed by atoms with Crippen LogP contribution in [0.2, 0.25) is 0 Å². The Balaban J connectivity index is 0.000000296.